The summed E-state index contributed by atoms with van der Waals surface area (Å²) in [6.45, 7) is 6.70. The summed E-state index contributed by atoms with van der Waals surface area (Å²) in [4.78, 5) is 0. The zero-order chi connectivity index (χ0) is 27.4. The van der Waals surface area contributed by atoms with Crippen LogP contribution < -0.4 is 9.31 Å². The number of rotatable bonds is 4. The van der Waals surface area contributed by atoms with Crippen LogP contribution in [-0.4, -0.2) is 22.2 Å². The summed E-state index contributed by atoms with van der Waals surface area (Å²) in [5.41, 5.74) is 7.91. The lowest BCUT2D eigenvalue weighted by Crippen LogP contribution is -2.12. The molecule has 0 aliphatic carbocycles. The van der Waals surface area contributed by atoms with E-state index in [1.54, 1.807) is 0 Å². The number of hydrogen-bond acceptors (Lipinski definition) is 1. The first-order valence-electron chi connectivity index (χ1n) is 13.7. The van der Waals surface area contributed by atoms with E-state index in [0.717, 1.165) is 39.8 Å². The average Bonchev–Trinajstić information content (AvgIpc) is 3.48. The van der Waals surface area contributed by atoms with Crippen LogP contribution in [0.2, 0.25) is 0 Å². The van der Waals surface area contributed by atoms with Gasteiger partial charge in [-0.3, -0.25) is 0 Å². The molecule has 7 rings (SSSR count). The molecule has 0 bridgehead atoms. The molecule has 0 atom stereocenters. The highest BCUT2D eigenvalue weighted by molar-refractivity contribution is 6.09. The van der Waals surface area contributed by atoms with Gasteiger partial charge in [-0.2, -0.15) is 0 Å². The van der Waals surface area contributed by atoms with Crippen molar-refractivity contribution < 1.29 is 9.31 Å². The zero-order valence-corrected chi connectivity index (χ0v) is 23.2. The van der Waals surface area contributed by atoms with Crippen LogP contribution in [-0.2, 0) is 5.41 Å². The van der Waals surface area contributed by atoms with Gasteiger partial charge in [0, 0.05) is 34.7 Å². The van der Waals surface area contributed by atoms with Crippen molar-refractivity contribution in [3.8, 4) is 17.2 Å². The molecular formula is C36H31N3O+2. The number of para-hydroxylation sites is 4. The summed E-state index contributed by atoms with van der Waals surface area (Å²) in [6, 6.07) is 43.8. The van der Waals surface area contributed by atoms with Crippen LogP contribution in [0.15, 0.2) is 115 Å². The van der Waals surface area contributed by atoms with Crippen molar-refractivity contribution in [3.63, 3.8) is 0 Å². The quantitative estimate of drug-likeness (QED) is 0.212. The van der Waals surface area contributed by atoms with Gasteiger partial charge >= 0.3 is 6.01 Å². The van der Waals surface area contributed by atoms with Gasteiger partial charge in [-0.1, -0.05) is 73.9 Å². The molecule has 1 aliphatic heterocycles. The van der Waals surface area contributed by atoms with Crippen LogP contribution in [0, 0.1) is 0 Å². The van der Waals surface area contributed by atoms with Crippen molar-refractivity contribution in [2.45, 2.75) is 26.2 Å². The summed E-state index contributed by atoms with van der Waals surface area (Å²) in [5, 5.41) is 2.37. The van der Waals surface area contributed by atoms with Gasteiger partial charge in [0.25, 0.3) is 11.4 Å². The fraction of sp³-hybridized carbons (Fsp3) is 0.139. The lowest BCUT2D eigenvalue weighted by atomic mass is 9.86. The van der Waals surface area contributed by atoms with E-state index in [2.05, 4.69) is 151 Å². The van der Waals surface area contributed by atoms with E-state index < -0.39 is 0 Å². The summed E-state index contributed by atoms with van der Waals surface area (Å²) in [6.07, 6.45) is 0. The van der Waals surface area contributed by atoms with Gasteiger partial charge in [0.2, 0.25) is 5.69 Å². The second-order valence-electron chi connectivity index (χ2n) is 11.4. The Bertz CT molecular complexity index is 2000. The molecule has 6 aromatic rings. The molecule has 4 heteroatoms. The molecule has 40 heavy (non-hydrogen) atoms. The third kappa shape index (κ3) is 4.02. The highest BCUT2D eigenvalue weighted by Crippen LogP contribution is 2.39. The van der Waals surface area contributed by atoms with E-state index >= 15 is 0 Å². The second kappa shape index (κ2) is 9.08. The topological polar surface area (TPSA) is 20.2 Å². The number of hydrogen-bond donors (Lipinski definition) is 0. The minimum atomic E-state index is -0.0493. The highest BCUT2D eigenvalue weighted by atomic mass is 16.5. The molecule has 1 aliphatic rings. The molecule has 0 fully saturated rings. The molecule has 5 aromatic carbocycles. The molecule has 194 valence electrons. The van der Waals surface area contributed by atoms with Gasteiger partial charge in [-0.25, -0.2) is 0 Å². The number of ether oxygens (including phenoxy) is 1. The minimum absolute atomic E-state index is 0.0493. The molecule has 4 nitrogen and oxygen atoms in total. The van der Waals surface area contributed by atoms with E-state index in [0.29, 0.717) is 0 Å². The fourth-order valence-electron chi connectivity index (χ4n) is 5.60. The normalized spacial score (nSPS) is 12.9. The number of nitrogens with zero attached hydrogens (tertiary/aromatic N) is 3. The fourth-order valence-corrected chi connectivity index (χ4v) is 5.60. The second-order valence-corrected chi connectivity index (χ2v) is 11.4. The Labute approximate surface area is 234 Å². The standard InChI is InChI=1S/C36H31N3O/c1-36(2,3)25-20-27(38-24-37(4)34-16-10-11-17-35(34)38)22-29(21-25)40-28-18-19-33-31(23-28)30-14-8-9-15-32(30)39(33)26-12-6-5-7-13-26/h5-23H,1-4H3/q+2. The zero-order valence-electron chi connectivity index (χ0n) is 23.2. The molecule has 0 saturated carbocycles. The van der Waals surface area contributed by atoms with Crippen molar-refractivity contribution in [3.05, 3.63) is 121 Å². The van der Waals surface area contributed by atoms with Crippen LogP contribution in [0.3, 0.4) is 0 Å². The summed E-state index contributed by atoms with van der Waals surface area (Å²) < 4.78 is 13.1. The Hall–Kier alpha value is -4.92. The lowest BCUT2D eigenvalue weighted by molar-refractivity contribution is -0.394. The maximum Gasteiger partial charge on any atom is 0.496 e. The first-order chi connectivity index (χ1) is 19.4. The van der Waals surface area contributed by atoms with Gasteiger partial charge < -0.3 is 9.30 Å². The number of fused-ring (bicyclic) bond motifs is 4. The van der Waals surface area contributed by atoms with Gasteiger partial charge in [0.1, 0.15) is 11.5 Å². The van der Waals surface area contributed by atoms with Crippen molar-refractivity contribution >= 4 is 44.9 Å². The summed E-state index contributed by atoms with van der Waals surface area (Å²) >= 11 is 0. The van der Waals surface area contributed by atoms with Crippen LogP contribution in [0.5, 0.6) is 11.5 Å². The molecule has 2 heterocycles. The third-order valence-electron chi connectivity index (χ3n) is 7.64. The Balaban J connectivity index is 1.35. The smallest absolute Gasteiger partial charge is 0.457 e. The van der Waals surface area contributed by atoms with Crippen LogP contribution in [0.25, 0.3) is 27.5 Å². The molecule has 0 spiro atoms. The molecular weight excluding hydrogens is 490 g/mol. The van der Waals surface area contributed by atoms with Gasteiger partial charge in [-0.05, 0) is 58.0 Å². The van der Waals surface area contributed by atoms with E-state index in [1.165, 1.54) is 21.9 Å². The molecule has 0 saturated heterocycles. The van der Waals surface area contributed by atoms with Gasteiger partial charge in [-0.15, -0.1) is 0 Å². The van der Waals surface area contributed by atoms with E-state index in [9.17, 15) is 0 Å². The van der Waals surface area contributed by atoms with Crippen molar-refractivity contribution in [1.82, 2.24) is 9.14 Å². The maximum absolute atomic E-state index is 6.62. The van der Waals surface area contributed by atoms with Crippen LogP contribution in [0.1, 0.15) is 26.3 Å². The lowest BCUT2D eigenvalue weighted by Gasteiger charge is -2.20. The van der Waals surface area contributed by atoms with E-state index in [-0.39, 0.29) is 5.41 Å². The Kier molecular flexibility index (Phi) is 5.48. The molecule has 0 N–H and O–H groups in total. The summed E-state index contributed by atoms with van der Waals surface area (Å²) in [7, 11) is 2.03. The van der Waals surface area contributed by atoms with Crippen LogP contribution in [0.4, 0.5) is 17.1 Å². The van der Waals surface area contributed by atoms with Crippen molar-refractivity contribution in [2.75, 3.05) is 7.05 Å². The van der Waals surface area contributed by atoms with Crippen LogP contribution >= 0.6 is 0 Å². The number of benzene rings is 5. The molecule has 0 amide bonds. The maximum atomic E-state index is 6.62. The van der Waals surface area contributed by atoms with Crippen molar-refractivity contribution in [2.24, 2.45) is 0 Å². The Morgan fingerprint density at radius 2 is 1.35 bits per heavy atom. The first-order valence-corrected chi connectivity index (χ1v) is 13.7. The average molecular weight is 522 g/mol. The minimum Gasteiger partial charge on any atom is -0.457 e. The highest BCUT2D eigenvalue weighted by Gasteiger charge is 2.33. The van der Waals surface area contributed by atoms with Gasteiger partial charge in [0.05, 0.1) is 17.1 Å². The monoisotopic (exact) mass is 521 g/mol. The predicted molar refractivity (Wildman–Crippen MR) is 165 cm³/mol. The van der Waals surface area contributed by atoms with Crippen molar-refractivity contribution in [1.29, 1.82) is 0 Å². The predicted octanol–water partition coefficient (Wildman–Crippen LogP) is 9.17. The number of aromatic nitrogens is 1. The molecule has 0 unspecified atom stereocenters. The third-order valence-corrected chi connectivity index (χ3v) is 7.64. The van der Waals surface area contributed by atoms with Gasteiger partial charge in [0.15, 0.2) is 7.05 Å². The Morgan fingerprint density at radius 1 is 0.650 bits per heavy atom. The summed E-state index contributed by atoms with van der Waals surface area (Å²) in [5.74, 6) is 1.62. The first kappa shape index (κ1) is 24.1. The van der Waals surface area contributed by atoms with E-state index in [4.69, 9.17) is 4.74 Å². The molecule has 1 aromatic heterocycles. The Morgan fingerprint density at radius 3 is 2.15 bits per heavy atom. The van der Waals surface area contributed by atoms with E-state index in [1.807, 2.05) is 11.6 Å². The molecule has 0 radical (unpaired) electrons. The largest absolute Gasteiger partial charge is 0.496 e. The SMILES string of the molecule is C[N+]1=C=[N+](c2cc(Oc3ccc4c(c3)c3ccccc3n4-c3ccccc3)cc(C(C)(C)C)c2)c2ccccc21.